The van der Waals surface area contributed by atoms with Crippen LogP contribution in [0.5, 0.6) is 0 Å². The van der Waals surface area contributed by atoms with Gasteiger partial charge in [0.25, 0.3) is 0 Å². The van der Waals surface area contributed by atoms with Crippen molar-refractivity contribution in [2.45, 2.75) is 60.3 Å². The molecule has 0 unspecified atom stereocenters. The Labute approximate surface area is 217 Å². The first-order chi connectivity index (χ1) is 14.6. The van der Waals surface area contributed by atoms with Gasteiger partial charge in [0.15, 0.2) is 0 Å². The van der Waals surface area contributed by atoms with Gasteiger partial charge in [-0.3, -0.25) is 4.79 Å². The molecule has 0 spiro atoms. The van der Waals surface area contributed by atoms with Crippen LogP contribution >= 0.6 is 22.6 Å². The molecule has 32 heavy (non-hydrogen) atoms. The number of hydrogen-bond acceptors (Lipinski definition) is 3. The van der Waals surface area contributed by atoms with Crippen molar-refractivity contribution in [1.29, 1.82) is 0 Å². The molecule has 0 aliphatic heterocycles. The van der Waals surface area contributed by atoms with Crippen LogP contribution in [0.25, 0.3) is 0 Å². The van der Waals surface area contributed by atoms with Gasteiger partial charge < -0.3 is 17.1 Å². The van der Waals surface area contributed by atoms with Crippen molar-refractivity contribution >= 4 is 40.8 Å². The number of rotatable bonds is 6. The van der Waals surface area contributed by atoms with E-state index in [0.29, 0.717) is 23.8 Å². The number of unbranched alkanes of at least 4 members (excludes halogenated alkanes) is 1. The molecule has 7 heteroatoms. The second-order valence-corrected chi connectivity index (χ2v) is 8.08. The van der Waals surface area contributed by atoms with Crippen molar-refractivity contribution in [3.8, 4) is 0 Å². The largest absolute Gasteiger partial charge is 1.00 e. The number of carbonyl (C=O) groups is 3. The third kappa shape index (κ3) is 10.3. The first-order valence-corrected chi connectivity index (χ1v) is 11.3. The Morgan fingerprint density at radius 3 is 1.66 bits per heavy atom. The third-order valence-corrected chi connectivity index (χ3v) is 5.74. The number of aldehydes is 1. The number of carboxylic acid groups (broad SMARTS) is 2. The average Bonchev–Trinajstić information content (AvgIpc) is 2.75. The van der Waals surface area contributed by atoms with Crippen molar-refractivity contribution in [1.82, 2.24) is 0 Å². The van der Waals surface area contributed by atoms with Crippen LogP contribution in [-0.4, -0.2) is 28.4 Å². The zero-order chi connectivity index (χ0) is 24.1. The summed E-state index contributed by atoms with van der Waals surface area (Å²) in [5.74, 6) is -1.82. The van der Waals surface area contributed by atoms with E-state index in [9.17, 15) is 14.4 Å². The standard InChI is InChI=1S/C11H12O3.C10H11IO2.C4H9.Li/c1-3-8-4-7(2)9(6-12)5-10(8)11(13)14;1-3-7-4-6(2)9(11)5-8(7)10(12)13;1-3-4-2;/h4-6H,3H2,1-2H3,(H,13,14);4-5H,3H2,1-2H3,(H,12,13);1,3-4H2,2H3;/q;;-1;+1. The minimum Gasteiger partial charge on any atom is -0.478 e. The molecule has 170 valence electrons. The van der Waals surface area contributed by atoms with E-state index in [4.69, 9.17) is 10.2 Å². The van der Waals surface area contributed by atoms with Crippen LogP contribution in [0.1, 0.15) is 86.9 Å². The second kappa shape index (κ2) is 16.9. The summed E-state index contributed by atoms with van der Waals surface area (Å²) in [6, 6.07) is 6.87. The molecule has 5 nitrogen and oxygen atoms in total. The number of benzene rings is 2. The van der Waals surface area contributed by atoms with Gasteiger partial charge in [-0.25, -0.2) is 9.59 Å². The van der Waals surface area contributed by atoms with E-state index >= 15 is 0 Å². The normalized spacial score (nSPS) is 9.34. The van der Waals surface area contributed by atoms with Crippen molar-refractivity contribution in [3.05, 3.63) is 73.7 Å². The van der Waals surface area contributed by atoms with Crippen LogP contribution in [0.4, 0.5) is 0 Å². The Kier molecular flexibility index (Phi) is 17.2. The Morgan fingerprint density at radius 1 is 0.906 bits per heavy atom. The van der Waals surface area contributed by atoms with Gasteiger partial charge in [0.05, 0.1) is 11.1 Å². The van der Waals surface area contributed by atoms with Gasteiger partial charge in [-0.15, -0.1) is 0 Å². The molecule has 0 fully saturated rings. The molecule has 2 N–H and O–H groups in total. The van der Waals surface area contributed by atoms with Gasteiger partial charge in [0.1, 0.15) is 6.29 Å². The zero-order valence-corrected chi connectivity index (χ0v) is 22.1. The van der Waals surface area contributed by atoms with Crippen molar-refractivity contribution in [2.24, 2.45) is 0 Å². The van der Waals surface area contributed by atoms with Gasteiger partial charge in [-0.2, -0.15) is 6.42 Å². The molecule has 0 radical (unpaired) electrons. The van der Waals surface area contributed by atoms with Crippen LogP contribution in [-0.2, 0) is 12.8 Å². The maximum Gasteiger partial charge on any atom is 1.00 e. The van der Waals surface area contributed by atoms with Crippen molar-refractivity contribution in [2.75, 3.05) is 0 Å². The third-order valence-electron chi connectivity index (χ3n) is 4.58. The van der Waals surface area contributed by atoms with Gasteiger partial charge >= 0.3 is 30.8 Å². The molecular formula is C25H32ILiO5. The predicted octanol–water partition coefficient (Wildman–Crippen LogP) is 3.55. The van der Waals surface area contributed by atoms with Gasteiger partial charge in [0.2, 0.25) is 0 Å². The Morgan fingerprint density at radius 2 is 1.31 bits per heavy atom. The van der Waals surface area contributed by atoms with Crippen LogP contribution in [0.2, 0.25) is 0 Å². The number of carbonyl (C=O) groups excluding carboxylic acids is 1. The van der Waals surface area contributed by atoms with E-state index in [2.05, 4.69) is 36.4 Å². The summed E-state index contributed by atoms with van der Waals surface area (Å²) in [5, 5.41) is 17.8. The molecule has 0 saturated carbocycles. The summed E-state index contributed by atoms with van der Waals surface area (Å²) in [5.41, 5.74) is 4.73. The molecule has 0 bridgehead atoms. The minimum atomic E-state index is -0.982. The Hall–Kier alpha value is -1.62. The van der Waals surface area contributed by atoms with Gasteiger partial charge in [0, 0.05) is 9.13 Å². The zero-order valence-electron chi connectivity index (χ0n) is 19.9. The SMILES string of the molecule is CCc1cc(C)c(C=O)cc1C(=O)O.CCc1cc(C)c(I)cc1C(=O)O.[CH2-]CCC.[Li+]. The average molecular weight is 546 g/mol. The maximum atomic E-state index is 10.8. The Balaban J connectivity index is 0. The fourth-order valence-corrected chi connectivity index (χ4v) is 3.10. The summed E-state index contributed by atoms with van der Waals surface area (Å²) in [6.07, 6.45) is 4.38. The fraction of sp³-hybridized carbons (Fsp3) is 0.360. The van der Waals surface area contributed by atoms with Crippen molar-refractivity contribution in [3.63, 3.8) is 0 Å². The number of aromatic carboxylic acids is 2. The number of aryl methyl sites for hydroxylation is 4. The van der Waals surface area contributed by atoms with E-state index in [-0.39, 0.29) is 24.4 Å². The number of carboxylic acids is 2. The fourth-order valence-electron chi connectivity index (χ4n) is 2.64. The molecule has 0 aliphatic rings. The molecule has 0 aromatic heterocycles. The van der Waals surface area contributed by atoms with Crippen molar-refractivity contribution < 1.29 is 43.5 Å². The topological polar surface area (TPSA) is 91.7 Å². The molecule has 0 amide bonds. The summed E-state index contributed by atoms with van der Waals surface area (Å²) >= 11 is 2.15. The molecule has 0 heterocycles. The summed E-state index contributed by atoms with van der Waals surface area (Å²) in [7, 11) is 0. The summed E-state index contributed by atoms with van der Waals surface area (Å²) in [4.78, 5) is 32.3. The minimum absolute atomic E-state index is 0. The molecule has 0 aliphatic carbocycles. The van der Waals surface area contributed by atoms with E-state index in [0.717, 1.165) is 38.7 Å². The number of halogens is 1. The molecule has 0 saturated heterocycles. The molecule has 2 rings (SSSR count). The second-order valence-electron chi connectivity index (χ2n) is 6.91. The van der Waals surface area contributed by atoms with E-state index in [1.54, 1.807) is 19.1 Å². The molecule has 0 atom stereocenters. The first-order valence-electron chi connectivity index (χ1n) is 10.2. The monoisotopic (exact) mass is 546 g/mol. The molecule has 2 aromatic rings. The van der Waals surface area contributed by atoms with E-state index in [1.165, 1.54) is 12.5 Å². The first kappa shape index (κ1) is 32.6. The quantitative estimate of drug-likeness (QED) is 0.250. The molecule has 2 aromatic carbocycles. The van der Waals surface area contributed by atoms with Crippen LogP contribution < -0.4 is 18.9 Å². The maximum absolute atomic E-state index is 10.8. The predicted molar refractivity (Wildman–Crippen MR) is 133 cm³/mol. The summed E-state index contributed by atoms with van der Waals surface area (Å²) in [6.45, 7) is 13.4. The van der Waals surface area contributed by atoms with Crippen LogP contribution in [0, 0.1) is 24.3 Å². The summed E-state index contributed by atoms with van der Waals surface area (Å²) < 4.78 is 1.01. The van der Waals surface area contributed by atoms with Crippen LogP contribution in [0.15, 0.2) is 24.3 Å². The smallest absolute Gasteiger partial charge is 0.478 e. The molecular weight excluding hydrogens is 514 g/mol. The van der Waals surface area contributed by atoms with Gasteiger partial charge in [-0.05, 0) is 83.7 Å². The van der Waals surface area contributed by atoms with Gasteiger partial charge in [-0.1, -0.05) is 39.3 Å². The number of hydrogen-bond donors (Lipinski definition) is 2. The van der Waals surface area contributed by atoms with Crippen LogP contribution in [0.3, 0.4) is 0 Å². The van der Waals surface area contributed by atoms with E-state index in [1.807, 2.05) is 26.8 Å². The Bertz CT molecular complexity index is 908. The van der Waals surface area contributed by atoms with E-state index < -0.39 is 11.9 Å².